The van der Waals surface area contributed by atoms with E-state index in [-0.39, 0.29) is 46.5 Å². The molecule has 262 valence electrons. The number of carbonyl (C=O) groups excluding carboxylic acids is 2. The second-order valence-electron chi connectivity index (χ2n) is 14.6. The highest BCUT2D eigenvalue weighted by molar-refractivity contribution is 8.76. The van der Waals surface area contributed by atoms with E-state index in [0.717, 1.165) is 43.5 Å². The summed E-state index contributed by atoms with van der Waals surface area (Å²) in [6.45, 7) is 1.74. The van der Waals surface area contributed by atoms with Gasteiger partial charge in [0, 0.05) is 23.3 Å². The highest BCUT2D eigenvalue weighted by Gasteiger charge is 2.63. The number of dihydropyridines is 1. The van der Waals surface area contributed by atoms with Gasteiger partial charge in [-0.05, 0) is 74.3 Å². The number of ether oxygens (including phenoxy) is 2. The third-order valence-electron chi connectivity index (χ3n) is 12.1. The predicted molar refractivity (Wildman–Crippen MR) is 184 cm³/mol. The van der Waals surface area contributed by atoms with E-state index in [9.17, 15) is 35.1 Å². The maximum Gasteiger partial charge on any atom is 0.229 e. The number of allylic oxidation sites excluding steroid dienone is 6. The normalized spacial score (nSPS) is 40.2. The molecule has 8 rings (SSSR count). The van der Waals surface area contributed by atoms with Crippen LogP contribution in [0.2, 0.25) is 0 Å². The Bertz CT molecular complexity index is 1730. The number of hydrogen-bond acceptors (Lipinski definition) is 13. The molecule has 0 aromatic heterocycles. The van der Waals surface area contributed by atoms with Crippen LogP contribution < -0.4 is 15.4 Å². The van der Waals surface area contributed by atoms with Gasteiger partial charge in [-0.15, -0.1) is 0 Å². The van der Waals surface area contributed by atoms with E-state index in [1.807, 2.05) is 0 Å². The van der Waals surface area contributed by atoms with Crippen molar-refractivity contribution in [3.8, 4) is 5.75 Å². The summed E-state index contributed by atoms with van der Waals surface area (Å²) in [5.41, 5.74) is -1.20. The molecule has 2 fully saturated rings. The van der Waals surface area contributed by atoms with Crippen LogP contribution in [0.15, 0.2) is 64.7 Å². The Labute approximate surface area is 292 Å². The van der Waals surface area contributed by atoms with Gasteiger partial charge in [0.15, 0.2) is 11.6 Å². The molecule has 6 bridgehead atoms. The molecule has 0 amide bonds. The topological polar surface area (TPSA) is 178 Å². The molecule has 13 heteroatoms. The molecule has 7 aliphatic rings. The number of Topliss-reactive ketones (excluding diaryl/α,β-unsaturated/α-hetero) is 2. The maximum absolute atomic E-state index is 14.7. The van der Waals surface area contributed by atoms with Gasteiger partial charge in [-0.2, -0.15) is 0 Å². The van der Waals surface area contributed by atoms with Crippen LogP contribution in [0.4, 0.5) is 0 Å². The fourth-order valence-corrected chi connectivity index (χ4v) is 11.9. The number of aliphatic hydroxyl groups excluding tert-OH is 4. The van der Waals surface area contributed by atoms with Crippen molar-refractivity contribution in [3.05, 3.63) is 75.9 Å². The first-order chi connectivity index (χ1) is 23.5. The lowest BCUT2D eigenvalue weighted by molar-refractivity contribution is -0.320. The van der Waals surface area contributed by atoms with Gasteiger partial charge in [-0.25, -0.2) is 0 Å². The van der Waals surface area contributed by atoms with Crippen LogP contribution in [0.25, 0.3) is 0 Å². The highest BCUT2D eigenvalue weighted by Crippen LogP contribution is 2.61. The molecule has 1 saturated heterocycles. The van der Waals surface area contributed by atoms with Crippen molar-refractivity contribution in [3.63, 3.8) is 0 Å². The zero-order chi connectivity index (χ0) is 34.3. The fourth-order valence-electron chi connectivity index (χ4n) is 9.64. The molecule has 1 aromatic rings. The molecule has 1 saturated carbocycles. The Hall–Kier alpha value is -2.78. The summed E-state index contributed by atoms with van der Waals surface area (Å²) in [7, 11) is 2.87. The molecule has 9 atom stereocenters. The fraction of sp³-hybridized carbons (Fsp3) is 0.556. The van der Waals surface area contributed by atoms with Crippen molar-refractivity contribution in [2.24, 2.45) is 22.7 Å². The van der Waals surface area contributed by atoms with E-state index in [1.54, 1.807) is 25.1 Å². The van der Waals surface area contributed by atoms with Crippen molar-refractivity contribution in [2.45, 2.75) is 75.7 Å². The van der Waals surface area contributed by atoms with Crippen molar-refractivity contribution in [1.29, 1.82) is 0 Å². The van der Waals surface area contributed by atoms with Crippen molar-refractivity contribution in [1.82, 2.24) is 10.6 Å². The number of carbonyl (C=O) groups is 2. The average molecular weight is 711 g/mol. The van der Waals surface area contributed by atoms with Crippen LogP contribution in [0, 0.1) is 22.7 Å². The third kappa shape index (κ3) is 4.91. The van der Waals surface area contributed by atoms with Crippen molar-refractivity contribution in [2.75, 3.05) is 24.8 Å². The number of ketones is 2. The van der Waals surface area contributed by atoms with Gasteiger partial charge >= 0.3 is 0 Å². The van der Waals surface area contributed by atoms with Crippen LogP contribution in [-0.4, -0.2) is 92.1 Å². The number of benzene rings is 1. The number of hydrogen-bond donors (Lipinski definition) is 7. The lowest BCUT2D eigenvalue weighted by Gasteiger charge is -2.53. The summed E-state index contributed by atoms with van der Waals surface area (Å²) in [4.78, 5) is 28.9. The van der Waals surface area contributed by atoms with Gasteiger partial charge in [0.1, 0.15) is 40.8 Å². The molecule has 0 radical (unpaired) electrons. The van der Waals surface area contributed by atoms with Gasteiger partial charge in [-0.1, -0.05) is 51.8 Å². The molecule has 0 unspecified atom stereocenters. The number of fused-ring (bicyclic) bond motifs is 2. The molecule has 2 spiro atoms. The van der Waals surface area contributed by atoms with E-state index in [1.165, 1.54) is 39.3 Å². The Kier molecular flexibility index (Phi) is 8.29. The second-order valence-corrected chi connectivity index (χ2v) is 17.0. The van der Waals surface area contributed by atoms with E-state index >= 15 is 0 Å². The van der Waals surface area contributed by atoms with Crippen LogP contribution in [0.1, 0.15) is 66.2 Å². The third-order valence-corrected chi connectivity index (χ3v) is 14.3. The summed E-state index contributed by atoms with van der Waals surface area (Å²) < 4.78 is 12.2. The van der Waals surface area contributed by atoms with Crippen LogP contribution >= 0.6 is 21.6 Å². The van der Waals surface area contributed by atoms with Gasteiger partial charge in [0.05, 0.1) is 29.8 Å². The largest absolute Gasteiger partial charge is 0.511 e. The zero-order valence-electron chi connectivity index (χ0n) is 27.2. The van der Waals surface area contributed by atoms with Gasteiger partial charge in [0.2, 0.25) is 6.29 Å². The molecule has 3 aliphatic heterocycles. The summed E-state index contributed by atoms with van der Waals surface area (Å²) in [5.74, 6) is -0.457. The Morgan fingerprint density at radius 2 is 1.92 bits per heavy atom. The van der Waals surface area contributed by atoms with Crippen LogP contribution in [0.5, 0.6) is 5.75 Å². The summed E-state index contributed by atoms with van der Waals surface area (Å²) in [6, 6.07) is 4.61. The standard InChI is InChI=1S/C36H42N2O9S2/c1-18-10-23-29(41)21-5-2-6-24-28(21)31(43)35(23,26(40)11-18)16-48-49-17-38-27-12-22-19(13-37-27)7-8-20-4-3-9-34(20,22)15-36(45)30(42)25(14-39)47-33(46-24)32(36)44/h2,5-6,10-12,20,23,25,30,32-33,37-40,42,44-45H,3-4,7-9,13-17H2,1H3/t20-,23-,25-,30-,32+,33-,34-,35+,36+/m1/s1. The van der Waals surface area contributed by atoms with Crippen LogP contribution in [0.3, 0.4) is 0 Å². The monoisotopic (exact) mass is 710 g/mol. The summed E-state index contributed by atoms with van der Waals surface area (Å²) >= 11 is 0. The van der Waals surface area contributed by atoms with E-state index in [2.05, 4.69) is 16.7 Å². The highest BCUT2D eigenvalue weighted by atomic mass is 33.1. The number of rotatable bonds is 1. The molecular formula is C36H42N2O9S2. The van der Waals surface area contributed by atoms with E-state index in [0.29, 0.717) is 18.0 Å². The molecule has 49 heavy (non-hydrogen) atoms. The Morgan fingerprint density at radius 1 is 1.08 bits per heavy atom. The minimum absolute atomic E-state index is 0.0133. The van der Waals surface area contributed by atoms with E-state index < -0.39 is 59.3 Å². The molecule has 1 aromatic carbocycles. The minimum Gasteiger partial charge on any atom is -0.511 e. The lowest BCUT2D eigenvalue weighted by Crippen LogP contribution is -2.69. The first-order valence-corrected chi connectivity index (χ1v) is 19.5. The maximum atomic E-state index is 14.7. The molecular weight excluding hydrogens is 669 g/mol. The molecule has 4 aliphatic carbocycles. The minimum atomic E-state index is -2.16. The van der Waals surface area contributed by atoms with Gasteiger partial charge in [0.25, 0.3) is 0 Å². The average Bonchev–Trinajstić information content (AvgIpc) is 3.51. The number of nitrogens with one attached hydrogen (secondary N) is 2. The van der Waals surface area contributed by atoms with Crippen molar-refractivity contribution < 1.29 is 44.6 Å². The molecule has 11 nitrogen and oxygen atoms in total. The first-order valence-electron chi connectivity index (χ1n) is 17.0. The van der Waals surface area contributed by atoms with Crippen LogP contribution in [-0.2, 0) is 4.74 Å². The zero-order valence-corrected chi connectivity index (χ0v) is 28.8. The van der Waals surface area contributed by atoms with E-state index in [4.69, 9.17) is 9.47 Å². The quantitative estimate of drug-likeness (QED) is 0.212. The summed E-state index contributed by atoms with van der Waals surface area (Å²) in [5, 5.41) is 64.9. The molecule has 7 N–H and O–H groups in total. The summed E-state index contributed by atoms with van der Waals surface area (Å²) in [6.07, 6.45) is 3.51. The molecule has 3 heterocycles. The Morgan fingerprint density at radius 3 is 2.73 bits per heavy atom. The van der Waals surface area contributed by atoms with Crippen molar-refractivity contribution >= 4 is 33.2 Å². The SMILES string of the molecule is CC1=C[C@@H]2C(=O)c3cccc4c3C(=O)[C@]2(CSSCNC2=CC3=C(CC[C@H]5CCC[C@]35C[C@]3(O)[C@H](O)[C@@H](CO)O[C@@H](O4)[C@@H]3O)CN2)C(O)=C1. The number of aliphatic hydroxyl groups is 5. The first kappa shape index (κ1) is 33.4. The Balaban J connectivity index is 1.27. The predicted octanol–water partition coefficient (Wildman–Crippen LogP) is 3.27. The van der Waals surface area contributed by atoms with Gasteiger partial charge < -0.3 is 45.6 Å². The van der Waals surface area contributed by atoms with Gasteiger partial charge in [-0.3, -0.25) is 9.59 Å². The smallest absolute Gasteiger partial charge is 0.229 e. The second kappa shape index (κ2) is 12.2. The lowest BCUT2D eigenvalue weighted by atomic mass is 9.58.